The van der Waals surface area contributed by atoms with Gasteiger partial charge in [-0.15, -0.1) is 0 Å². The lowest BCUT2D eigenvalue weighted by Crippen LogP contribution is -2.25. The summed E-state index contributed by atoms with van der Waals surface area (Å²) in [5.74, 6) is -1.85. The van der Waals surface area contributed by atoms with Crippen LogP contribution in [0.25, 0.3) is 0 Å². The molecule has 0 N–H and O–H groups in total. The van der Waals surface area contributed by atoms with Crippen LogP contribution in [0, 0.1) is 11.6 Å². The quantitative estimate of drug-likeness (QED) is 0.583. The Balaban J connectivity index is 2.81. The van der Waals surface area contributed by atoms with Gasteiger partial charge in [0.1, 0.15) is 16.1 Å². The molecule has 0 aliphatic heterocycles. The van der Waals surface area contributed by atoms with Crippen LogP contribution in [0.2, 0.25) is 0 Å². The van der Waals surface area contributed by atoms with Crippen LogP contribution >= 0.6 is 0 Å². The van der Waals surface area contributed by atoms with Crippen LogP contribution in [-0.2, 0) is 11.4 Å². The fourth-order valence-corrected chi connectivity index (χ4v) is 1.39. The molecule has 1 aromatic rings. The van der Waals surface area contributed by atoms with Gasteiger partial charge in [-0.2, -0.15) is 0 Å². The van der Waals surface area contributed by atoms with Crippen molar-refractivity contribution in [1.29, 1.82) is 0 Å². The predicted octanol–water partition coefficient (Wildman–Crippen LogP) is 2.85. The molecular formula is C11H13F2NOS. The van der Waals surface area contributed by atoms with E-state index < -0.39 is 27.7 Å². The van der Waals surface area contributed by atoms with Crippen molar-refractivity contribution in [3.8, 4) is 0 Å². The Morgan fingerprint density at radius 1 is 1.25 bits per heavy atom. The zero-order chi connectivity index (χ0) is 12.3. The highest BCUT2D eigenvalue weighted by molar-refractivity contribution is 7.91. The molecule has 0 bridgehead atoms. The van der Waals surface area contributed by atoms with Gasteiger partial charge in [-0.1, -0.05) is 10.5 Å². The van der Waals surface area contributed by atoms with E-state index in [1.165, 1.54) is 12.3 Å². The standard InChI is InChI=1S/C11H13F2NOS/c1-11(2,3)16(15)14-7-8-4-5-9(12)10(13)6-8/h4-7H,1-3H3/b14-7+/t16-/m0/s1. The number of benzene rings is 1. The van der Waals surface area contributed by atoms with Gasteiger partial charge >= 0.3 is 0 Å². The van der Waals surface area contributed by atoms with Crippen molar-refractivity contribution in [2.24, 2.45) is 4.40 Å². The molecular weight excluding hydrogens is 232 g/mol. The molecule has 0 unspecified atom stereocenters. The number of rotatable bonds is 2. The average molecular weight is 245 g/mol. The Hall–Kier alpha value is -0.940. The average Bonchev–Trinajstić information content (AvgIpc) is 2.18. The molecule has 1 rings (SSSR count). The monoisotopic (exact) mass is 245 g/mol. The van der Waals surface area contributed by atoms with E-state index >= 15 is 0 Å². The summed E-state index contributed by atoms with van der Waals surface area (Å²) in [7, 11) is 0. The normalized spacial score (nSPS) is 14.4. The lowest BCUT2D eigenvalue weighted by Gasteiger charge is -2.17. The molecule has 0 aliphatic rings. The van der Waals surface area contributed by atoms with Crippen molar-refractivity contribution in [3.05, 3.63) is 35.4 Å². The van der Waals surface area contributed by atoms with Crippen LogP contribution in [0.3, 0.4) is 0 Å². The Bertz CT molecular complexity index is 401. The number of hydrogen-bond acceptors (Lipinski definition) is 2. The Labute approximate surface area is 96.7 Å². The molecule has 0 radical (unpaired) electrons. The minimum atomic E-state index is -1.40. The topological polar surface area (TPSA) is 35.4 Å². The first-order chi connectivity index (χ1) is 7.30. The van der Waals surface area contributed by atoms with Crippen LogP contribution in [0.1, 0.15) is 26.3 Å². The number of halogens is 2. The fourth-order valence-electron chi connectivity index (χ4n) is 0.860. The van der Waals surface area contributed by atoms with Crippen LogP contribution in [0.5, 0.6) is 0 Å². The maximum Gasteiger partial charge on any atom is 0.159 e. The highest BCUT2D eigenvalue weighted by atomic mass is 32.2. The van der Waals surface area contributed by atoms with E-state index in [1.807, 2.05) is 0 Å². The van der Waals surface area contributed by atoms with Crippen molar-refractivity contribution in [2.45, 2.75) is 25.5 Å². The summed E-state index contributed by atoms with van der Waals surface area (Å²) in [6.07, 6.45) is 1.28. The van der Waals surface area contributed by atoms with Gasteiger partial charge in [0.2, 0.25) is 0 Å². The second kappa shape index (κ2) is 4.93. The first-order valence-corrected chi connectivity index (χ1v) is 5.82. The molecule has 88 valence electrons. The lowest BCUT2D eigenvalue weighted by molar-refractivity contribution is 0.508. The van der Waals surface area contributed by atoms with Crippen LogP contribution < -0.4 is 0 Å². The Morgan fingerprint density at radius 2 is 1.88 bits per heavy atom. The molecule has 1 atom stereocenters. The van der Waals surface area contributed by atoms with Gasteiger partial charge in [-0.3, -0.25) is 0 Å². The summed E-state index contributed by atoms with van der Waals surface area (Å²) in [6.45, 7) is 5.35. The SMILES string of the molecule is CC(C)(C)[S@+]([O-])/N=C/c1ccc(F)c(F)c1. The van der Waals surface area contributed by atoms with Crippen molar-refractivity contribution < 1.29 is 13.3 Å². The molecule has 5 heteroatoms. The third kappa shape index (κ3) is 3.57. The largest absolute Gasteiger partial charge is 0.591 e. The van der Waals surface area contributed by atoms with E-state index in [0.717, 1.165) is 12.1 Å². The molecule has 2 nitrogen and oxygen atoms in total. The molecule has 16 heavy (non-hydrogen) atoms. The lowest BCUT2D eigenvalue weighted by atomic mass is 10.2. The summed E-state index contributed by atoms with van der Waals surface area (Å²) in [4.78, 5) is 0. The minimum Gasteiger partial charge on any atom is -0.591 e. The highest BCUT2D eigenvalue weighted by Crippen LogP contribution is 2.17. The fraction of sp³-hybridized carbons (Fsp3) is 0.364. The van der Waals surface area contributed by atoms with Crippen molar-refractivity contribution >= 4 is 17.6 Å². The maximum absolute atomic E-state index is 12.8. The Kier molecular flexibility index (Phi) is 4.04. The first-order valence-electron chi connectivity index (χ1n) is 4.72. The van der Waals surface area contributed by atoms with E-state index in [2.05, 4.69) is 4.40 Å². The van der Waals surface area contributed by atoms with Crippen molar-refractivity contribution in [2.75, 3.05) is 0 Å². The van der Waals surface area contributed by atoms with Gasteiger partial charge in [0.15, 0.2) is 11.6 Å². The predicted molar refractivity (Wildman–Crippen MR) is 61.8 cm³/mol. The van der Waals surface area contributed by atoms with Crippen LogP contribution in [0.4, 0.5) is 8.78 Å². The third-order valence-corrected chi connectivity index (χ3v) is 3.11. The van der Waals surface area contributed by atoms with Crippen molar-refractivity contribution in [1.82, 2.24) is 0 Å². The highest BCUT2D eigenvalue weighted by Gasteiger charge is 2.25. The number of hydrogen-bond donors (Lipinski definition) is 0. The van der Waals surface area contributed by atoms with Gasteiger partial charge in [0.05, 0.1) is 6.21 Å². The summed E-state index contributed by atoms with van der Waals surface area (Å²) in [5.41, 5.74) is 0.386. The Morgan fingerprint density at radius 3 is 2.38 bits per heavy atom. The van der Waals surface area contributed by atoms with Gasteiger partial charge in [-0.05, 0) is 32.9 Å². The summed E-state index contributed by atoms with van der Waals surface area (Å²) < 4.78 is 40.3. The van der Waals surface area contributed by atoms with Gasteiger partial charge < -0.3 is 4.55 Å². The molecule has 0 amide bonds. The van der Waals surface area contributed by atoms with Crippen molar-refractivity contribution in [3.63, 3.8) is 0 Å². The molecule has 0 saturated carbocycles. The molecule has 1 aromatic carbocycles. The van der Waals surface area contributed by atoms with E-state index in [0.29, 0.717) is 5.56 Å². The molecule has 0 spiro atoms. The van der Waals surface area contributed by atoms with Gasteiger partial charge in [0.25, 0.3) is 0 Å². The second-order valence-corrected chi connectivity index (χ2v) is 6.20. The minimum absolute atomic E-state index is 0.386. The summed E-state index contributed by atoms with van der Waals surface area (Å²) in [5, 5.41) is 0. The van der Waals surface area contributed by atoms with E-state index in [9.17, 15) is 13.3 Å². The third-order valence-electron chi connectivity index (χ3n) is 1.77. The number of nitrogens with zero attached hydrogens (tertiary/aromatic N) is 1. The van der Waals surface area contributed by atoms with E-state index in [1.54, 1.807) is 20.8 Å². The molecule has 0 fully saturated rings. The van der Waals surface area contributed by atoms with E-state index in [-0.39, 0.29) is 0 Å². The van der Waals surface area contributed by atoms with Gasteiger partial charge in [-0.25, -0.2) is 8.78 Å². The van der Waals surface area contributed by atoms with Gasteiger partial charge in [0, 0.05) is 5.56 Å². The zero-order valence-corrected chi connectivity index (χ0v) is 10.1. The second-order valence-electron chi connectivity index (χ2n) is 4.27. The first kappa shape index (κ1) is 13.1. The molecule has 0 aromatic heterocycles. The van der Waals surface area contributed by atoms with Crippen LogP contribution in [-0.4, -0.2) is 15.5 Å². The summed E-state index contributed by atoms with van der Waals surface area (Å²) >= 11 is -1.40. The molecule has 0 aliphatic carbocycles. The molecule has 0 heterocycles. The maximum atomic E-state index is 12.8. The summed E-state index contributed by atoms with van der Waals surface area (Å²) in [6, 6.07) is 3.40. The zero-order valence-electron chi connectivity index (χ0n) is 9.33. The van der Waals surface area contributed by atoms with Crippen LogP contribution in [0.15, 0.2) is 22.6 Å². The van der Waals surface area contributed by atoms with E-state index in [4.69, 9.17) is 0 Å². The smallest absolute Gasteiger partial charge is 0.159 e. The molecule has 0 saturated heterocycles.